The maximum atomic E-state index is 13.4. The van der Waals surface area contributed by atoms with Crippen LogP contribution in [-0.4, -0.2) is 35.8 Å². The molecule has 1 saturated heterocycles. The summed E-state index contributed by atoms with van der Waals surface area (Å²) in [5, 5.41) is 9.11. The minimum absolute atomic E-state index is 0.0494. The smallest absolute Gasteiger partial charge is 0.274 e. The molecule has 0 amide bonds. The van der Waals surface area contributed by atoms with Gasteiger partial charge in [-0.3, -0.25) is 4.79 Å². The lowest BCUT2D eigenvalue weighted by Gasteiger charge is -2.32. The van der Waals surface area contributed by atoms with Gasteiger partial charge < -0.3 is 19.9 Å². The lowest BCUT2D eigenvalue weighted by atomic mass is 9.98. The van der Waals surface area contributed by atoms with Crippen LogP contribution in [0.25, 0.3) is 22.4 Å². The van der Waals surface area contributed by atoms with Crippen molar-refractivity contribution in [2.75, 3.05) is 25.1 Å². The van der Waals surface area contributed by atoms with E-state index in [-0.39, 0.29) is 11.6 Å². The van der Waals surface area contributed by atoms with Crippen LogP contribution in [0.15, 0.2) is 53.5 Å². The Balaban J connectivity index is 1.90. The number of anilines is 1. The number of hydrogen-bond donors (Lipinski definition) is 1. The number of rotatable bonds is 4. The van der Waals surface area contributed by atoms with E-state index in [0.29, 0.717) is 11.4 Å². The SMILES string of the molecule is COc1ccc(-c2c(-c3ccc(C#N)nc3)cc(N3CCC(N)CC3)c(=O)n2C)cc1. The molecular weight excluding hydrogens is 390 g/mol. The molecule has 7 nitrogen and oxygen atoms in total. The van der Waals surface area contributed by atoms with Crippen LogP contribution >= 0.6 is 0 Å². The summed E-state index contributed by atoms with van der Waals surface area (Å²) in [4.78, 5) is 19.7. The Morgan fingerprint density at radius 3 is 2.39 bits per heavy atom. The van der Waals surface area contributed by atoms with Gasteiger partial charge in [-0.2, -0.15) is 5.26 Å². The Hall–Kier alpha value is -3.63. The number of aromatic nitrogens is 2. The van der Waals surface area contributed by atoms with Gasteiger partial charge in [0.15, 0.2) is 0 Å². The molecular formula is C24H25N5O2. The van der Waals surface area contributed by atoms with E-state index in [1.54, 1.807) is 31.0 Å². The highest BCUT2D eigenvalue weighted by atomic mass is 16.5. The topological polar surface area (TPSA) is 97.2 Å². The number of ether oxygens (including phenoxy) is 1. The van der Waals surface area contributed by atoms with Crippen molar-refractivity contribution in [1.29, 1.82) is 5.26 Å². The molecule has 1 aliphatic heterocycles. The van der Waals surface area contributed by atoms with E-state index in [9.17, 15) is 4.79 Å². The number of methoxy groups -OCH3 is 1. The third-order valence-corrected chi connectivity index (χ3v) is 5.83. The fourth-order valence-electron chi connectivity index (χ4n) is 4.03. The van der Waals surface area contributed by atoms with E-state index in [1.165, 1.54) is 0 Å². The summed E-state index contributed by atoms with van der Waals surface area (Å²) in [6, 6.07) is 15.4. The minimum atomic E-state index is -0.0494. The van der Waals surface area contributed by atoms with Crippen molar-refractivity contribution in [3.63, 3.8) is 0 Å². The van der Waals surface area contributed by atoms with Crippen LogP contribution in [0, 0.1) is 11.3 Å². The lowest BCUT2D eigenvalue weighted by Crippen LogP contribution is -2.42. The number of nitriles is 1. The summed E-state index contributed by atoms with van der Waals surface area (Å²) in [6.07, 6.45) is 3.40. The zero-order chi connectivity index (χ0) is 22.0. The van der Waals surface area contributed by atoms with Gasteiger partial charge in [-0.1, -0.05) is 0 Å². The Kier molecular flexibility index (Phi) is 5.74. The van der Waals surface area contributed by atoms with Gasteiger partial charge in [0.2, 0.25) is 0 Å². The molecule has 0 atom stereocenters. The summed E-state index contributed by atoms with van der Waals surface area (Å²) in [5.74, 6) is 0.747. The highest BCUT2D eigenvalue weighted by molar-refractivity contribution is 5.83. The maximum absolute atomic E-state index is 13.4. The standard InChI is InChI=1S/C24H25N5O2/c1-28-23(16-4-7-20(31-2)8-5-16)21(17-3-6-19(14-25)27-15-17)13-22(24(28)30)29-11-9-18(26)10-12-29/h3-8,13,15,18H,9-12,26H2,1-2H3. The van der Waals surface area contributed by atoms with E-state index in [0.717, 1.165) is 54.1 Å². The summed E-state index contributed by atoms with van der Waals surface area (Å²) >= 11 is 0. The van der Waals surface area contributed by atoms with Gasteiger partial charge in [0, 0.05) is 43.5 Å². The van der Waals surface area contributed by atoms with Gasteiger partial charge in [0.25, 0.3) is 5.56 Å². The number of benzene rings is 1. The van der Waals surface area contributed by atoms with Gasteiger partial charge in [-0.05, 0) is 60.9 Å². The zero-order valence-electron chi connectivity index (χ0n) is 17.7. The van der Waals surface area contributed by atoms with Gasteiger partial charge in [-0.15, -0.1) is 0 Å². The molecule has 0 radical (unpaired) electrons. The molecule has 0 spiro atoms. The second-order valence-electron chi connectivity index (χ2n) is 7.75. The highest BCUT2D eigenvalue weighted by Gasteiger charge is 2.23. The van der Waals surface area contributed by atoms with Crippen molar-refractivity contribution < 1.29 is 4.74 Å². The number of piperidine rings is 1. The van der Waals surface area contributed by atoms with E-state index >= 15 is 0 Å². The van der Waals surface area contributed by atoms with Crippen LogP contribution in [0.4, 0.5) is 5.69 Å². The second-order valence-corrected chi connectivity index (χ2v) is 7.75. The predicted octanol–water partition coefficient (Wildman–Crippen LogP) is 2.92. The lowest BCUT2D eigenvalue weighted by molar-refractivity contribution is 0.415. The van der Waals surface area contributed by atoms with Crippen LogP contribution < -0.4 is 20.9 Å². The van der Waals surface area contributed by atoms with Crippen molar-refractivity contribution in [2.24, 2.45) is 12.8 Å². The summed E-state index contributed by atoms with van der Waals surface area (Å²) in [5.41, 5.74) is 10.4. The predicted molar refractivity (Wildman–Crippen MR) is 121 cm³/mol. The zero-order valence-corrected chi connectivity index (χ0v) is 17.7. The van der Waals surface area contributed by atoms with E-state index < -0.39 is 0 Å². The largest absolute Gasteiger partial charge is 0.497 e. The summed E-state index contributed by atoms with van der Waals surface area (Å²) in [6.45, 7) is 1.51. The monoisotopic (exact) mass is 415 g/mol. The van der Waals surface area contributed by atoms with Crippen LogP contribution in [0.5, 0.6) is 5.75 Å². The van der Waals surface area contributed by atoms with E-state index in [1.807, 2.05) is 36.4 Å². The molecule has 3 aromatic rings. The van der Waals surface area contributed by atoms with E-state index in [4.69, 9.17) is 15.7 Å². The van der Waals surface area contributed by atoms with Crippen molar-refractivity contribution in [2.45, 2.75) is 18.9 Å². The van der Waals surface area contributed by atoms with Gasteiger partial charge in [0.1, 0.15) is 23.2 Å². The number of nitrogens with two attached hydrogens (primary N) is 1. The molecule has 0 saturated carbocycles. The van der Waals surface area contributed by atoms with Crippen molar-refractivity contribution in [3.8, 4) is 34.2 Å². The maximum Gasteiger partial charge on any atom is 0.274 e. The average Bonchev–Trinajstić information content (AvgIpc) is 2.81. The molecule has 31 heavy (non-hydrogen) atoms. The van der Waals surface area contributed by atoms with Crippen molar-refractivity contribution >= 4 is 5.69 Å². The number of hydrogen-bond acceptors (Lipinski definition) is 6. The minimum Gasteiger partial charge on any atom is -0.497 e. The van der Waals surface area contributed by atoms with Crippen molar-refractivity contribution in [3.05, 3.63) is 64.7 Å². The molecule has 3 heterocycles. The highest BCUT2D eigenvalue weighted by Crippen LogP contribution is 2.34. The van der Waals surface area contributed by atoms with Crippen LogP contribution in [0.2, 0.25) is 0 Å². The molecule has 2 N–H and O–H groups in total. The molecule has 2 aromatic heterocycles. The fraction of sp³-hybridized carbons (Fsp3) is 0.292. The summed E-state index contributed by atoms with van der Waals surface area (Å²) < 4.78 is 6.97. The first kappa shape index (κ1) is 20.6. The van der Waals surface area contributed by atoms with Gasteiger partial charge in [-0.25, -0.2) is 4.98 Å². The molecule has 158 valence electrons. The van der Waals surface area contributed by atoms with Crippen LogP contribution in [0.3, 0.4) is 0 Å². The number of pyridine rings is 2. The van der Waals surface area contributed by atoms with Crippen LogP contribution in [0.1, 0.15) is 18.5 Å². The molecule has 1 fully saturated rings. The van der Waals surface area contributed by atoms with Crippen molar-refractivity contribution in [1.82, 2.24) is 9.55 Å². The Morgan fingerprint density at radius 1 is 1.13 bits per heavy atom. The first-order valence-electron chi connectivity index (χ1n) is 10.3. The third kappa shape index (κ3) is 4.03. The molecule has 0 bridgehead atoms. The van der Waals surface area contributed by atoms with E-state index in [2.05, 4.69) is 16.0 Å². The fourth-order valence-corrected chi connectivity index (χ4v) is 4.03. The van der Waals surface area contributed by atoms with Gasteiger partial charge >= 0.3 is 0 Å². The summed E-state index contributed by atoms with van der Waals surface area (Å²) in [7, 11) is 3.42. The van der Waals surface area contributed by atoms with Crippen LogP contribution in [-0.2, 0) is 7.05 Å². The Labute approximate surface area is 181 Å². The molecule has 4 rings (SSSR count). The second kappa shape index (κ2) is 8.62. The average molecular weight is 415 g/mol. The third-order valence-electron chi connectivity index (χ3n) is 5.83. The Morgan fingerprint density at radius 2 is 1.81 bits per heavy atom. The molecule has 7 heteroatoms. The first-order chi connectivity index (χ1) is 15.0. The normalized spacial score (nSPS) is 14.3. The number of nitrogens with zero attached hydrogens (tertiary/aromatic N) is 4. The molecule has 0 aliphatic carbocycles. The molecule has 1 aliphatic rings. The molecule has 1 aromatic carbocycles. The first-order valence-corrected chi connectivity index (χ1v) is 10.3. The Bertz CT molecular complexity index is 1170. The van der Waals surface area contributed by atoms with Gasteiger partial charge in [0.05, 0.1) is 12.8 Å². The molecule has 0 unspecified atom stereocenters. The quantitative estimate of drug-likeness (QED) is 0.704.